The van der Waals surface area contributed by atoms with Crippen LogP contribution in [-0.4, -0.2) is 24.9 Å². The summed E-state index contributed by atoms with van der Waals surface area (Å²) in [5, 5.41) is 0. The van der Waals surface area contributed by atoms with Crippen molar-refractivity contribution in [3.05, 3.63) is 12.7 Å². The number of hydrogen-bond donors (Lipinski definition) is 0. The quantitative estimate of drug-likeness (QED) is 0.579. The fourth-order valence-electron chi connectivity index (χ4n) is 0.183. The maximum Gasteiger partial charge on any atom is 0.245 e. The van der Waals surface area contributed by atoms with Gasteiger partial charge in [-0.3, -0.25) is 4.79 Å². The Kier molecular flexibility index (Phi) is 53.1. The highest BCUT2D eigenvalue weighted by atomic mass is 16.2. The number of likely N-dealkylation sites (N-methyl/N-ethyl adjacent to an activating group) is 1. The van der Waals surface area contributed by atoms with Crippen molar-refractivity contribution in [2.45, 2.75) is 41.5 Å². The summed E-state index contributed by atoms with van der Waals surface area (Å²) in [6, 6.07) is 0. The van der Waals surface area contributed by atoms with Crippen molar-refractivity contribution in [1.82, 2.24) is 4.90 Å². The largest absolute Gasteiger partial charge is 0.345 e. The molecule has 0 aliphatic heterocycles. The van der Waals surface area contributed by atoms with Crippen molar-refractivity contribution in [3.8, 4) is 0 Å². The maximum atomic E-state index is 10.3. The molecule has 82 valence electrons. The zero-order chi connectivity index (χ0) is 11.9. The van der Waals surface area contributed by atoms with Gasteiger partial charge in [0.2, 0.25) is 5.91 Å². The Morgan fingerprint density at radius 3 is 1.23 bits per heavy atom. The normalized spacial score (nSPS) is 5.54. The van der Waals surface area contributed by atoms with Gasteiger partial charge in [-0.2, -0.15) is 0 Å². The van der Waals surface area contributed by atoms with Crippen LogP contribution in [0.25, 0.3) is 0 Å². The van der Waals surface area contributed by atoms with Gasteiger partial charge < -0.3 is 4.90 Å². The van der Waals surface area contributed by atoms with E-state index in [4.69, 9.17) is 0 Å². The van der Waals surface area contributed by atoms with Gasteiger partial charge >= 0.3 is 0 Å². The van der Waals surface area contributed by atoms with E-state index in [-0.39, 0.29) is 5.91 Å². The number of amides is 1. The molecule has 0 aromatic rings. The first-order chi connectivity index (χ1) is 6.18. The van der Waals surface area contributed by atoms with Gasteiger partial charge in [0.15, 0.2) is 0 Å². The van der Waals surface area contributed by atoms with Gasteiger partial charge in [0.25, 0.3) is 0 Å². The van der Waals surface area contributed by atoms with E-state index >= 15 is 0 Å². The lowest BCUT2D eigenvalue weighted by Gasteiger charge is -2.03. The summed E-state index contributed by atoms with van der Waals surface area (Å²) in [6.07, 6.45) is 1.28. The van der Waals surface area contributed by atoms with Crippen LogP contribution in [0.15, 0.2) is 12.7 Å². The monoisotopic (exact) mass is 189 g/mol. The van der Waals surface area contributed by atoms with Crippen LogP contribution in [-0.2, 0) is 4.79 Å². The number of nitrogens with zero attached hydrogens (tertiary/aromatic N) is 1. The fraction of sp³-hybridized carbons (Fsp3) is 0.727. The third-order valence-corrected chi connectivity index (χ3v) is 0.615. The van der Waals surface area contributed by atoms with Crippen LogP contribution in [0.2, 0.25) is 0 Å². The number of hydrogen-bond acceptors (Lipinski definition) is 1. The van der Waals surface area contributed by atoms with Gasteiger partial charge in [0.1, 0.15) is 0 Å². The third-order valence-electron chi connectivity index (χ3n) is 0.615. The van der Waals surface area contributed by atoms with E-state index in [1.54, 1.807) is 14.1 Å². The molecule has 1 amide bonds. The molecular weight excluding hydrogens is 162 g/mol. The molecule has 0 heterocycles. The molecule has 2 heteroatoms. The first-order valence-electron chi connectivity index (χ1n) is 5.02. The maximum absolute atomic E-state index is 10.3. The van der Waals surface area contributed by atoms with Crippen molar-refractivity contribution in [3.63, 3.8) is 0 Å². The molecule has 0 saturated carbocycles. The Morgan fingerprint density at radius 2 is 1.23 bits per heavy atom. The van der Waals surface area contributed by atoms with Crippen LogP contribution < -0.4 is 0 Å². The zero-order valence-electron chi connectivity index (χ0n) is 10.6. The molecular formula is C11H27NO. The van der Waals surface area contributed by atoms with E-state index in [2.05, 4.69) is 6.58 Å². The average Bonchev–Trinajstić information content (AvgIpc) is 2.25. The predicted molar refractivity (Wildman–Crippen MR) is 62.9 cm³/mol. The van der Waals surface area contributed by atoms with Gasteiger partial charge in [-0.25, -0.2) is 0 Å². The smallest absolute Gasteiger partial charge is 0.245 e. The van der Waals surface area contributed by atoms with Crippen LogP contribution in [0.1, 0.15) is 41.5 Å². The van der Waals surface area contributed by atoms with Gasteiger partial charge in [-0.1, -0.05) is 48.1 Å². The summed E-state index contributed by atoms with van der Waals surface area (Å²) < 4.78 is 0. The Labute approximate surface area is 84.6 Å². The Bertz CT molecular complexity index is 88.1. The summed E-state index contributed by atoms with van der Waals surface area (Å²) in [4.78, 5) is 11.8. The average molecular weight is 189 g/mol. The van der Waals surface area contributed by atoms with Crippen molar-refractivity contribution in [2.75, 3.05) is 14.1 Å². The van der Waals surface area contributed by atoms with Crippen LogP contribution in [0.4, 0.5) is 0 Å². The summed E-state index contributed by atoms with van der Waals surface area (Å²) in [5.41, 5.74) is 0. The van der Waals surface area contributed by atoms with Crippen molar-refractivity contribution in [1.29, 1.82) is 0 Å². The number of carbonyl (C=O) groups is 1. The highest BCUT2D eigenvalue weighted by Gasteiger charge is 1.91. The van der Waals surface area contributed by atoms with Crippen LogP contribution in [0.3, 0.4) is 0 Å². The van der Waals surface area contributed by atoms with E-state index in [0.717, 1.165) is 0 Å². The first kappa shape index (κ1) is 22.8. The van der Waals surface area contributed by atoms with Crippen LogP contribution in [0.5, 0.6) is 0 Å². The Morgan fingerprint density at radius 1 is 1.00 bits per heavy atom. The lowest BCUT2D eigenvalue weighted by molar-refractivity contribution is -0.123. The highest BCUT2D eigenvalue weighted by Crippen LogP contribution is 1.74. The van der Waals surface area contributed by atoms with Crippen LogP contribution in [0, 0.1) is 0 Å². The molecule has 13 heavy (non-hydrogen) atoms. The SMILES string of the molecule is C=CC(=O)N(C)C.CC.CC.CC. The van der Waals surface area contributed by atoms with Crippen LogP contribution >= 0.6 is 0 Å². The lowest BCUT2D eigenvalue weighted by atomic mass is 10.5. The minimum Gasteiger partial charge on any atom is -0.345 e. The van der Waals surface area contributed by atoms with E-state index in [9.17, 15) is 4.79 Å². The lowest BCUT2D eigenvalue weighted by Crippen LogP contribution is -2.18. The second-order valence-corrected chi connectivity index (χ2v) is 1.44. The van der Waals surface area contributed by atoms with E-state index in [1.807, 2.05) is 41.5 Å². The molecule has 2 nitrogen and oxygen atoms in total. The topological polar surface area (TPSA) is 20.3 Å². The zero-order valence-corrected chi connectivity index (χ0v) is 10.6. The predicted octanol–water partition coefficient (Wildman–Crippen LogP) is 3.34. The first-order valence-corrected chi connectivity index (χ1v) is 5.02. The van der Waals surface area contributed by atoms with E-state index in [1.165, 1.54) is 11.0 Å². The second kappa shape index (κ2) is 30.3. The molecule has 0 N–H and O–H groups in total. The molecule has 0 spiro atoms. The number of carbonyl (C=O) groups excluding carboxylic acids is 1. The summed E-state index contributed by atoms with van der Waals surface area (Å²) in [6.45, 7) is 15.3. The van der Waals surface area contributed by atoms with Gasteiger partial charge in [0, 0.05) is 14.1 Å². The summed E-state index contributed by atoms with van der Waals surface area (Å²) >= 11 is 0. The molecule has 0 aliphatic carbocycles. The van der Waals surface area contributed by atoms with Gasteiger partial charge in [-0.05, 0) is 6.08 Å². The Hall–Kier alpha value is -0.790. The molecule has 0 unspecified atom stereocenters. The number of rotatable bonds is 1. The van der Waals surface area contributed by atoms with Crippen molar-refractivity contribution < 1.29 is 4.79 Å². The van der Waals surface area contributed by atoms with E-state index < -0.39 is 0 Å². The molecule has 0 aliphatic rings. The fourth-order valence-corrected chi connectivity index (χ4v) is 0.183. The van der Waals surface area contributed by atoms with E-state index in [0.29, 0.717) is 0 Å². The third kappa shape index (κ3) is 35.0. The summed E-state index contributed by atoms with van der Waals surface area (Å²) in [7, 11) is 3.37. The van der Waals surface area contributed by atoms with Crippen molar-refractivity contribution >= 4 is 5.91 Å². The Balaban J connectivity index is -0.0000000573. The van der Waals surface area contributed by atoms with Crippen molar-refractivity contribution in [2.24, 2.45) is 0 Å². The minimum atomic E-state index is -0.0556. The van der Waals surface area contributed by atoms with Gasteiger partial charge in [0.05, 0.1) is 0 Å². The highest BCUT2D eigenvalue weighted by molar-refractivity contribution is 5.86. The molecule has 0 aromatic carbocycles. The van der Waals surface area contributed by atoms with Gasteiger partial charge in [-0.15, -0.1) is 0 Å². The molecule has 0 atom stereocenters. The second-order valence-electron chi connectivity index (χ2n) is 1.44. The molecule has 0 rings (SSSR count). The summed E-state index contributed by atoms with van der Waals surface area (Å²) in [5.74, 6) is -0.0556. The molecule has 0 bridgehead atoms. The molecule has 0 fully saturated rings. The molecule has 0 saturated heterocycles. The standard InChI is InChI=1S/C5H9NO.3C2H6/c1-4-5(7)6(2)3;3*1-2/h4H,1H2,2-3H3;3*1-2H3. The molecule has 0 aromatic heterocycles. The minimum absolute atomic E-state index is 0.0556. The molecule has 0 radical (unpaired) electrons.